The van der Waals surface area contributed by atoms with Gasteiger partial charge in [0.05, 0.1) is 0 Å². The molecule has 0 spiro atoms. The van der Waals surface area contributed by atoms with Gasteiger partial charge in [-0.1, -0.05) is 43.4 Å². The maximum absolute atomic E-state index is 12.3. The van der Waals surface area contributed by atoms with Gasteiger partial charge in [-0.25, -0.2) is 0 Å². The summed E-state index contributed by atoms with van der Waals surface area (Å²) in [5, 5.41) is 15.9. The predicted octanol–water partition coefficient (Wildman–Crippen LogP) is 2.79. The third kappa shape index (κ3) is 3.70. The van der Waals surface area contributed by atoms with Gasteiger partial charge in [0.2, 0.25) is 10.1 Å². The molecule has 7 nitrogen and oxygen atoms in total. The minimum absolute atomic E-state index is 0.255. The van der Waals surface area contributed by atoms with E-state index < -0.39 is 6.10 Å². The normalized spacial score (nSPS) is 12.5. The molecule has 1 aromatic carbocycles. The molecule has 0 aliphatic carbocycles. The molecule has 0 aliphatic heterocycles. The number of fused-ring (bicyclic) bond motifs is 1. The summed E-state index contributed by atoms with van der Waals surface area (Å²) < 4.78 is 7.29. The first-order chi connectivity index (χ1) is 11.5. The number of nitrogens with zero attached hydrogens (tertiary/aromatic N) is 4. The molecule has 2 aromatic heterocycles. The molecule has 0 bridgehead atoms. The minimum atomic E-state index is -0.628. The van der Waals surface area contributed by atoms with Gasteiger partial charge in [0, 0.05) is 6.42 Å². The van der Waals surface area contributed by atoms with E-state index in [4.69, 9.17) is 4.74 Å². The Morgan fingerprint density at radius 3 is 2.71 bits per heavy atom. The molecule has 0 saturated carbocycles. The van der Waals surface area contributed by atoms with Crippen LogP contribution in [0.15, 0.2) is 30.3 Å². The summed E-state index contributed by atoms with van der Waals surface area (Å²) in [4.78, 5) is 12.9. The molecule has 0 radical (unpaired) electrons. The molecule has 24 heavy (non-hydrogen) atoms. The van der Waals surface area contributed by atoms with E-state index in [1.54, 1.807) is 11.4 Å². The average Bonchev–Trinajstić information content (AvgIpc) is 3.09. The highest BCUT2D eigenvalue weighted by Gasteiger charge is 2.18. The third-order valence-electron chi connectivity index (χ3n) is 3.30. The van der Waals surface area contributed by atoms with Crippen LogP contribution < -0.4 is 10.1 Å². The highest BCUT2D eigenvalue weighted by Crippen LogP contribution is 2.20. The number of hydrogen-bond donors (Lipinski definition) is 1. The van der Waals surface area contributed by atoms with E-state index >= 15 is 0 Å². The maximum atomic E-state index is 12.3. The van der Waals surface area contributed by atoms with E-state index in [1.807, 2.05) is 30.3 Å². The van der Waals surface area contributed by atoms with Crippen molar-refractivity contribution in [3.05, 3.63) is 36.2 Å². The molecule has 0 saturated heterocycles. The number of hydrogen-bond acceptors (Lipinski definition) is 6. The first-order valence-electron chi connectivity index (χ1n) is 7.76. The Morgan fingerprint density at radius 2 is 2.00 bits per heavy atom. The molecule has 8 heteroatoms. The summed E-state index contributed by atoms with van der Waals surface area (Å²) in [6, 6.07) is 9.24. The first kappa shape index (κ1) is 16.4. The van der Waals surface area contributed by atoms with Gasteiger partial charge in [-0.2, -0.15) is 4.52 Å². The number of nitrogens with one attached hydrogen (secondary N) is 1. The molecule has 0 fully saturated rings. The first-order valence-corrected chi connectivity index (χ1v) is 8.58. The Bertz CT molecular complexity index is 827. The standard InChI is InChI=1S/C16H19N5O2S/c1-10(2)9-13-18-19-16-21(13)20-15(24-16)17-14(22)11(3)23-12-7-5-4-6-8-12/h4-8,10-11H,9H2,1-3H3,(H,17,20,22). The summed E-state index contributed by atoms with van der Waals surface area (Å²) in [5.74, 6) is 1.65. The summed E-state index contributed by atoms with van der Waals surface area (Å²) in [6.07, 6.45) is 0.156. The lowest BCUT2D eigenvalue weighted by Gasteiger charge is -2.13. The van der Waals surface area contributed by atoms with Crippen LogP contribution >= 0.6 is 11.3 Å². The van der Waals surface area contributed by atoms with Gasteiger partial charge in [0.15, 0.2) is 11.9 Å². The van der Waals surface area contributed by atoms with Gasteiger partial charge in [-0.15, -0.1) is 15.3 Å². The van der Waals surface area contributed by atoms with Gasteiger partial charge in [0.25, 0.3) is 5.91 Å². The smallest absolute Gasteiger partial charge is 0.266 e. The van der Waals surface area contributed by atoms with E-state index in [-0.39, 0.29) is 5.91 Å². The zero-order valence-corrected chi connectivity index (χ0v) is 14.6. The monoisotopic (exact) mass is 345 g/mol. The highest BCUT2D eigenvalue weighted by atomic mass is 32.1. The Balaban J connectivity index is 1.67. The van der Waals surface area contributed by atoms with Crippen molar-refractivity contribution < 1.29 is 9.53 Å². The van der Waals surface area contributed by atoms with Crippen molar-refractivity contribution in [1.29, 1.82) is 0 Å². The summed E-state index contributed by atoms with van der Waals surface area (Å²) in [6.45, 7) is 5.92. The van der Waals surface area contributed by atoms with Gasteiger partial charge in [0.1, 0.15) is 5.75 Å². The Kier molecular flexibility index (Phi) is 4.75. The van der Waals surface area contributed by atoms with Crippen molar-refractivity contribution in [1.82, 2.24) is 19.8 Å². The van der Waals surface area contributed by atoms with Crippen LogP contribution in [0, 0.1) is 5.92 Å². The molecule has 1 atom stereocenters. The van der Waals surface area contributed by atoms with Crippen LogP contribution in [0.1, 0.15) is 26.6 Å². The van der Waals surface area contributed by atoms with Crippen LogP contribution in [0.5, 0.6) is 5.75 Å². The fraction of sp³-hybridized carbons (Fsp3) is 0.375. The number of carbonyl (C=O) groups is 1. The van der Waals surface area contributed by atoms with Crippen LogP contribution in [0.2, 0.25) is 0 Å². The molecule has 2 heterocycles. The zero-order chi connectivity index (χ0) is 17.1. The quantitative estimate of drug-likeness (QED) is 0.743. The van der Waals surface area contributed by atoms with Crippen LogP contribution in [0.4, 0.5) is 5.13 Å². The van der Waals surface area contributed by atoms with Crippen molar-refractivity contribution in [2.24, 2.45) is 5.92 Å². The van der Waals surface area contributed by atoms with Crippen molar-refractivity contribution in [3.63, 3.8) is 0 Å². The lowest BCUT2D eigenvalue weighted by Crippen LogP contribution is -2.30. The van der Waals surface area contributed by atoms with Crippen molar-refractivity contribution >= 4 is 27.3 Å². The topological polar surface area (TPSA) is 81.4 Å². The third-order valence-corrected chi connectivity index (χ3v) is 4.12. The van der Waals surface area contributed by atoms with Crippen LogP contribution in [-0.2, 0) is 11.2 Å². The van der Waals surface area contributed by atoms with Crippen LogP contribution in [0.25, 0.3) is 4.96 Å². The number of ether oxygens (including phenoxy) is 1. The van der Waals surface area contributed by atoms with Gasteiger partial charge in [-0.3, -0.25) is 10.1 Å². The summed E-state index contributed by atoms with van der Waals surface area (Å²) in [7, 11) is 0. The Labute approximate surface area is 143 Å². The lowest BCUT2D eigenvalue weighted by molar-refractivity contribution is -0.122. The zero-order valence-electron chi connectivity index (χ0n) is 13.8. The molecule has 1 unspecified atom stereocenters. The van der Waals surface area contributed by atoms with Gasteiger partial charge < -0.3 is 4.74 Å². The SMILES string of the molecule is CC(C)Cc1nnc2sc(NC(=O)C(C)Oc3ccccc3)nn12. The predicted molar refractivity (Wildman–Crippen MR) is 92.4 cm³/mol. The number of rotatable bonds is 6. The molecular weight excluding hydrogens is 326 g/mol. The minimum Gasteiger partial charge on any atom is -0.481 e. The molecule has 3 rings (SSSR count). The van der Waals surface area contributed by atoms with E-state index in [0.717, 1.165) is 12.2 Å². The lowest BCUT2D eigenvalue weighted by atomic mass is 10.1. The van der Waals surface area contributed by atoms with Gasteiger partial charge >= 0.3 is 0 Å². The fourth-order valence-corrected chi connectivity index (χ4v) is 2.93. The summed E-state index contributed by atoms with van der Waals surface area (Å²) in [5.41, 5.74) is 0. The number of anilines is 1. The van der Waals surface area contributed by atoms with E-state index in [0.29, 0.717) is 21.8 Å². The Hall–Kier alpha value is -2.48. The number of carbonyl (C=O) groups excluding carboxylic acids is 1. The second kappa shape index (κ2) is 6.96. The van der Waals surface area contributed by atoms with E-state index in [2.05, 4.69) is 34.5 Å². The van der Waals surface area contributed by atoms with E-state index in [1.165, 1.54) is 11.3 Å². The van der Waals surface area contributed by atoms with Gasteiger partial charge in [-0.05, 0) is 25.0 Å². The molecule has 1 amide bonds. The number of benzene rings is 1. The Morgan fingerprint density at radius 1 is 1.25 bits per heavy atom. The van der Waals surface area contributed by atoms with Crippen molar-refractivity contribution in [3.8, 4) is 5.75 Å². The maximum Gasteiger partial charge on any atom is 0.266 e. The van der Waals surface area contributed by atoms with Crippen LogP contribution in [0.3, 0.4) is 0 Å². The number of aromatic nitrogens is 4. The summed E-state index contributed by atoms with van der Waals surface area (Å²) >= 11 is 1.29. The highest BCUT2D eigenvalue weighted by molar-refractivity contribution is 7.20. The second-order valence-electron chi connectivity index (χ2n) is 5.88. The fourth-order valence-electron chi connectivity index (χ4n) is 2.16. The molecule has 1 N–H and O–H groups in total. The largest absolute Gasteiger partial charge is 0.481 e. The molecule has 3 aromatic rings. The van der Waals surface area contributed by atoms with Crippen molar-refractivity contribution in [2.75, 3.05) is 5.32 Å². The molecule has 0 aliphatic rings. The number of para-hydroxylation sites is 1. The molecular formula is C16H19N5O2S. The van der Waals surface area contributed by atoms with E-state index in [9.17, 15) is 4.79 Å². The number of amides is 1. The van der Waals surface area contributed by atoms with Crippen LogP contribution in [-0.4, -0.2) is 31.8 Å². The average molecular weight is 345 g/mol. The second-order valence-corrected chi connectivity index (χ2v) is 6.83. The molecule has 126 valence electrons. The van der Waals surface area contributed by atoms with Crippen molar-refractivity contribution in [2.45, 2.75) is 33.3 Å².